The monoisotopic (exact) mass is 355 g/mol. The Morgan fingerprint density at radius 1 is 1.25 bits per heavy atom. The molecule has 2 heterocycles. The van der Waals surface area contributed by atoms with Crippen LogP contribution in [0.4, 0.5) is 13.2 Å². The van der Waals surface area contributed by atoms with E-state index in [2.05, 4.69) is 19.7 Å². The Balaban J connectivity index is 1.56. The zero-order valence-corrected chi connectivity index (χ0v) is 13.0. The van der Waals surface area contributed by atoms with Crippen molar-refractivity contribution in [2.24, 2.45) is 0 Å². The number of rotatable bonds is 5. The zero-order chi connectivity index (χ0) is 17.2. The molecule has 0 aliphatic heterocycles. The van der Waals surface area contributed by atoms with Crippen molar-refractivity contribution >= 4 is 17.7 Å². The van der Waals surface area contributed by atoms with Crippen molar-refractivity contribution in [2.45, 2.75) is 29.8 Å². The van der Waals surface area contributed by atoms with Crippen molar-refractivity contribution in [3.63, 3.8) is 0 Å². The number of carbonyl (C=O) groups excluding carboxylic acids is 1. The number of thioether (sulfide) groups is 1. The highest BCUT2D eigenvalue weighted by molar-refractivity contribution is 7.99. The van der Waals surface area contributed by atoms with Crippen LogP contribution in [0.2, 0.25) is 0 Å². The Morgan fingerprint density at radius 3 is 2.75 bits per heavy atom. The number of hydrogen-bond donors (Lipinski definition) is 0. The molecule has 1 aliphatic carbocycles. The summed E-state index contributed by atoms with van der Waals surface area (Å²) in [5.41, 5.74) is 1.22. The van der Waals surface area contributed by atoms with Gasteiger partial charge < -0.3 is 4.74 Å². The zero-order valence-electron chi connectivity index (χ0n) is 12.2. The van der Waals surface area contributed by atoms with E-state index in [1.807, 2.05) is 6.07 Å². The molecular formula is C15H12F3N3O2S. The van der Waals surface area contributed by atoms with Gasteiger partial charge in [-0.15, -0.1) is 0 Å². The number of ether oxygens (including phenoxy) is 1. The average Bonchev–Trinajstić information content (AvgIpc) is 2.61. The third-order valence-corrected chi connectivity index (χ3v) is 4.26. The lowest BCUT2D eigenvalue weighted by molar-refractivity contribution is -0.239. The van der Waals surface area contributed by atoms with Crippen molar-refractivity contribution in [1.29, 1.82) is 0 Å². The number of esters is 1. The van der Waals surface area contributed by atoms with Gasteiger partial charge in [-0.3, -0.25) is 9.78 Å². The lowest BCUT2D eigenvalue weighted by Gasteiger charge is -2.38. The van der Waals surface area contributed by atoms with Gasteiger partial charge in [-0.2, -0.15) is 8.78 Å². The third-order valence-electron chi connectivity index (χ3n) is 3.42. The van der Waals surface area contributed by atoms with Crippen LogP contribution in [0.15, 0.2) is 41.8 Å². The molecule has 0 bridgehead atoms. The summed E-state index contributed by atoms with van der Waals surface area (Å²) in [6.45, 7) is 0. The molecule has 0 amide bonds. The molecule has 126 valence electrons. The molecule has 2 aromatic heterocycles. The molecule has 0 radical (unpaired) electrons. The minimum Gasteiger partial charge on any atom is -0.455 e. The van der Waals surface area contributed by atoms with Gasteiger partial charge in [-0.25, -0.2) is 14.4 Å². The maximum atomic E-state index is 13.1. The summed E-state index contributed by atoms with van der Waals surface area (Å²) >= 11 is 0.952. The molecule has 2 aromatic rings. The van der Waals surface area contributed by atoms with Crippen molar-refractivity contribution in [2.75, 3.05) is 5.75 Å². The van der Waals surface area contributed by atoms with Crippen LogP contribution in [0.25, 0.3) is 11.4 Å². The summed E-state index contributed by atoms with van der Waals surface area (Å²) in [5.74, 6) is -4.70. The molecule has 0 saturated heterocycles. The summed E-state index contributed by atoms with van der Waals surface area (Å²) in [4.78, 5) is 24.0. The van der Waals surface area contributed by atoms with Crippen LogP contribution in [0.1, 0.15) is 6.42 Å². The van der Waals surface area contributed by atoms with Gasteiger partial charge in [0.05, 0.1) is 17.1 Å². The average molecular weight is 355 g/mol. The number of carbonyl (C=O) groups is 1. The first-order chi connectivity index (χ1) is 11.5. The van der Waals surface area contributed by atoms with E-state index in [-0.39, 0.29) is 5.75 Å². The number of pyridine rings is 1. The molecule has 0 spiro atoms. The molecule has 9 heteroatoms. The van der Waals surface area contributed by atoms with E-state index >= 15 is 0 Å². The van der Waals surface area contributed by atoms with Gasteiger partial charge in [-0.05, 0) is 18.2 Å². The van der Waals surface area contributed by atoms with Crippen molar-refractivity contribution in [3.05, 3.63) is 36.7 Å². The molecule has 5 nitrogen and oxygen atoms in total. The van der Waals surface area contributed by atoms with Gasteiger partial charge in [0.2, 0.25) is 0 Å². The third kappa shape index (κ3) is 3.50. The number of nitrogens with zero attached hydrogens (tertiary/aromatic N) is 3. The van der Waals surface area contributed by atoms with Gasteiger partial charge in [0.25, 0.3) is 0 Å². The fourth-order valence-corrected chi connectivity index (χ4v) is 2.67. The SMILES string of the molecule is O=C(CSc1nccc(-c2ccccn2)n1)OC1CC(F)C1(F)F. The molecule has 0 aromatic carbocycles. The minimum absolute atomic E-state index is 0.241. The van der Waals surface area contributed by atoms with Crippen molar-refractivity contribution < 1.29 is 22.7 Å². The van der Waals surface area contributed by atoms with Crippen LogP contribution >= 0.6 is 11.8 Å². The Morgan fingerprint density at radius 2 is 2.08 bits per heavy atom. The summed E-state index contributed by atoms with van der Waals surface area (Å²) in [5, 5.41) is 0.291. The fraction of sp³-hybridized carbons (Fsp3) is 0.333. The predicted molar refractivity (Wildman–Crippen MR) is 80.3 cm³/mol. The van der Waals surface area contributed by atoms with Crippen LogP contribution < -0.4 is 0 Å². The highest BCUT2D eigenvalue weighted by Gasteiger charge is 2.61. The van der Waals surface area contributed by atoms with E-state index in [0.717, 1.165) is 11.8 Å². The molecule has 0 N–H and O–H groups in total. The standard InChI is InChI=1S/C15H12F3N3O2S/c16-11-7-12(15(11,17)18)23-13(22)8-24-14-20-6-4-10(21-14)9-3-1-2-5-19-9/h1-6,11-12H,7-8H2. The largest absolute Gasteiger partial charge is 0.455 e. The second-order valence-electron chi connectivity index (χ2n) is 5.08. The van der Waals surface area contributed by atoms with Gasteiger partial charge in [0.15, 0.2) is 17.4 Å². The second kappa shape index (κ2) is 6.76. The van der Waals surface area contributed by atoms with E-state index < -0.39 is 30.6 Å². The quantitative estimate of drug-likeness (QED) is 0.467. The smallest absolute Gasteiger partial charge is 0.316 e. The fourth-order valence-electron chi connectivity index (χ4n) is 2.05. The van der Waals surface area contributed by atoms with Gasteiger partial charge in [0, 0.05) is 18.8 Å². The number of alkyl halides is 3. The second-order valence-corrected chi connectivity index (χ2v) is 6.03. The van der Waals surface area contributed by atoms with E-state index in [9.17, 15) is 18.0 Å². The summed E-state index contributed by atoms with van der Waals surface area (Å²) in [7, 11) is 0. The van der Waals surface area contributed by atoms with E-state index in [1.165, 1.54) is 6.20 Å². The van der Waals surface area contributed by atoms with E-state index in [4.69, 9.17) is 0 Å². The topological polar surface area (TPSA) is 65.0 Å². The van der Waals surface area contributed by atoms with Crippen LogP contribution in [0.3, 0.4) is 0 Å². The van der Waals surface area contributed by atoms with Crippen LogP contribution in [-0.2, 0) is 9.53 Å². The molecule has 1 saturated carbocycles. The number of halogens is 3. The molecule has 1 aliphatic rings. The maximum Gasteiger partial charge on any atom is 0.316 e. The highest BCUT2D eigenvalue weighted by Crippen LogP contribution is 2.42. The maximum absolute atomic E-state index is 13.1. The molecule has 2 atom stereocenters. The van der Waals surface area contributed by atoms with Crippen molar-refractivity contribution in [3.8, 4) is 11.4 Å². The van der Waals surface area contributed by atoms with Crippen LogP contribution in [0, 0.1) is 0 Å². The van der Waals surface area contributed by atoms with Gasteiger partial charge in [0.1, 0.15) is 0 Å². The first-order valence-electron chi connectivity index (χ1n) is 7.05. The Hall–Kier alpha value is -2.16. The Kier molecular flexibility index (Phi) is 4.70. The molecule has 3 rings (SSSR count). The first kappa shape index (κ1) is 16.7. The van der Waals surface area contributed by atoms with Crippen LogP contribution in [-0.4, -0.2) is 44.9 Å². The first-order valence-corrected chi connectivity index (χ1v) is 8.04. The highest BCUT2D eigenvalue weighted by atomic mass is 32.2. The summed E-state index contributed by atoms with van der Waals surface area (Å²) in [6, 6.07) is 7.03. The lowest BCUT2D eigenvalue weighted by Crippen LogP contribution is -2.56. The summed E-state index contributed by atoms with van der Waals surface area (Å²) in [6.07, 6.45) is -1.28. The van der Waals surface area contributed by atoms with Crippen molar-refractivity contribution in [1.82, 2.24) is 15.0 Å². The van der Waals surface area contributed by atoms with Crippen LogP contribution in [0.5, 0.6) is 0 Å². The normalized spacial score (nSPS) is 21.8. The van der Waals surface area contributed by atoms with Gasteiger partial charge >= 0.3 is 11.9 Å². The van der Waals surface area contributed by atoms with E-state index in [1.54, 1.807) is 24.4 Å². The van der Waals surface area contributed by atoms with E-state index in [0.29, 0.717) is 16.5 Å². The molecule has 24 heavy (non-hydrogen) atoms. The predicted octanol–water partition coefficient (Wildman–Crippen LogP) is 2.92. The Bertz CT molecular complexity index is 733. The number of hydrogen-bond acceptors (Lipinski definition) is 6. The molecule has 1 fully saturated rings. The number of aromatic nitrogens is 3. The lowest BCUT2D eigenvalue weighted by atomic mass is 9.88. The summed E-state index contributed by atoms with van der Waals surface area (Å²) < 4.78 is 43.4. The molecular weight excluding hydrogens is 343 g/mol. The molecule has 2 unspecified atom stereocenters. The van der Waals surface area contributed by atoms with Gasteiger partial charge in [-0.1, -0.05) is 17.8 Å². The Labute approximate surface area is 139 Å². The minimum atomic E-state index is -3.60.